The first-order valence-electron chi connectivity index (χ1n) is 8.63. The van der Waals surface area contributed by atoms with E-state index in [1.807, 2.05) is 6.08 Å². The molecule has 4 nitrogen and oxygen atoms in total. The monoisotopic (exact) mass is 355 g/mol. The first-order valence-corrected chi connectivity index (χ1v) is 8.63. The fourth-order valence-corrected chi connectivity index (χ4v) is 2.83. The predicted octanol–water partition coefficient (Wildman–Crippen LogP) is 4.70. The van der Waals surface area contributed by atoms with Gasteiger partial charge in [-0.3, -0.25) is 4.79 Å². The zero-order chi connectivity index (χ0) is 20.0. The molecule has 0 heterocycles. The molecule has 0 bridgehead atoms. The van der Waals surface area contributed by atoms with E-state index in [0.29, 0.717) is 0 Å². The van der Waals surface area contributed by atoms with Gasteiger partial charge in [0.15, 0.2) is 0 Å². The highest BCUT2D eigenvalue weighted by Gasteiger charge is 2.38. The fraction of sp³-hybridized carbons (Fsp3) is 0.364. The van der Waals surface area contributed by atoms with Crippen LogP contribution in [0.1, 0.15) is 40.5 Å². The molecule has 1 aliphatic carbocycles. The lowest BCUT2D eigenvalue weighted by molar-refractivity contribution is -0.131. The van der Waals surface area contributed by atoms with Gasteiger partial charge in [0.2, 0.25) is 0 Å². The molecule has 1 rings (SSSR count). The lowest BCUT2D eigenvalue weighted by Crippen LogP contribution is -2.31. The van der Waals surface area contributed by atoms with Gasteiger partial charge in [-0.15, -0.1) is 0 Å². The van der Waals surface area contributed by atoms with Crippen LogP contribution in [0.25, 0.3) is 0 Å². The molecular weight excluding hydrogens is 326 g/mol. The molecule has 0 spiro atoms. The summed E-state index contributed by atoms with van der Waals surface area (Å²) in [4.78, 5) is 22.5. The SMILES string of the molecule is C=C/C(=C\C=C\C(=O)O)C(=O)N/C=C/C=C1\C(=C)C(C)(C)CCC1(C)C. The van der Waals surface area contributed by atoms with E-state index in [4.69, 9.17) is 5.11 Å². The van der Waals surface area contributed by atoms with E-state index in [-0.39, 0.29) is 22.3 Å². The summed E-state index contributed by atoms with van der Waals surface area (Å²) < 4.78 is 0. The van der Waals surface area contributed by atoms with Crippen molar-refractivity contribution in [2.75, 3.05) is 0 Å². The van der Waals surface area contributed by atoms with Crippen molar-refractivity contribution in [3.05, 3.63) is 72.5 Å². The van der Waals surface area contributed by atoms with Crippen LogP contribution in [0.2, 0.25) is 0 Å². The van der Waals surface area contributed by atoms with E-state index < -0.39 is 5.97 Å². The number of hydrogen-bond donors (Lipinski definition) is 2. The Labute approximate surface area is 156 Å². The second-order valence-electron chi connectivity index (χ2n) is 7.68. The largest absolute Gasteiger partial charge is 0.478 e. The van der Waals surface area contributed by atoms with Crippen LogP contribution in [0.5, 0.6) is 0 Å². The molecule has 1 aliphatic rings. The lowest BCUT2D eigenvalue weighted by atomic mass is 9.61. The maximum atomic E-state index is 12.1. The zero-order valence-corrected chi connectivity index (χ0v) is 16.1. The highest BCUT2D eigenvalue weighted by Crippen LogP contribution is 2.50. The van der Waals surface area contributed by atoms with Crippen molar-refractivity contribution < 1.29 is 14.7 Å². The third kappa shape index (κ3) is 5.73. The highest BCUT2D eigenvalue weighted by atomic mass is 16.4. The summed E-state index contributed by atoms with van der Waals surface area (Å²) in [5.41, 5.74) is 2.74. The molecule has 26 heavy (non-hydrogen) atoms. The van der Waals surface area contributed by atoms with Crippen LogP contribution in [0.4, 0.5) is 0 Å². The molecule has 4 heteroatoms. The third-order valence-electron chi connectivity index (χ3n) is 4.82. The summed E-state index contributed by atoms with van der Waals surface area (Å²) in [6.45, 7) is 16.7. The predicted molar refractivity (Wildman–Crippen MR) is 106 cm³/mol. The van der Waals surface area contributed by atoms with Crippen LogP contribution in [-0.4, -0.2) is 17.0 Å². The van der Waals surface area contributed by atoms with Crippen molar-refractivity contribution in [2.24, 2.45) is 10.8 Å². The number of carboxylic acid groups (broad SMARTS) is 1. The van der Waals surface area contributed by atoms with Crippen LogP contribution in [0, 0.1) is 10.8 Å². The van der Waals surface area contributed by atoms with Gasteiger partial charge in [-0.25, -0.2) is 4.79 Å². The van der Waals surface area contributed by atoms with E-state index >= 15 is 0 Å². The van der Waals surface area contributed by atoms with Crippen LogP contribution < -0.4 is 5.32 Å². The second-order valence-corrected chi connectivity index (χ2v) is 7.68. The van der Waals surface area contributed by atoms with E-state index in [1.54, 1.807) is 12.3 Å². The van der Waals surface area contributed by atoms with Crippen molar-refractivity contribution in [1.29, 1.82) is 0 Å². The number of carbonyl (C=O) groups is 2. The Hall–Kier alpha value is -2.62. The molecule has 0 unspecified atom stereocenters. The van der Waals surface area contributed by atoms with Crippen molar-refractivity contribution >= 4 is 11.9 Å². The van der Waals surface area contributed by atoms with Crippen LogP contribution in [0.3, 0.4) is 0 Å². The molecule has 0 aliphatic heterocycles. The van der Waals surface area contributed by atoms with Crippen molar-refractivity contribution in [3.63, 3.8) is 0 Å². The number of allylic oxidation sites excluding steroid dienone is 6. The van der Waals surface area contributed by atoms with Crippen LogP contribution in [0.15, 0.2) is 72.5 Å². The number of amides is 1. The normalized spacial score (nSPS) is 21.3. The van der Waals surface area contributed by atoms with Crippen molar-refractivity contribution in [3.8, 4) is 0 Å². The van der Waals surface area contributed by atoms with Crippen molar-refractivity contribution in [1.82, 2.24) is 5.32 Å². The van der Waals surface area contributed by atoms with Gasteiger partial charge in [0.05, 0.1) is 0 Å². The molecule has 140 valence electrons. The maximum Gasteiger partial charge on any atom is 0.328 e. The Kier molecular flexibility index (Phi) is 7.13. The van der Waals surface area contributed by atoms with Gasteiger partial charge in [0.1, 0.15) is 0 Å². The maximum absolute atomic E-state index is 12.1. The second kappa shape index (κ2) is 8.65. The Morgan fingerprint density at radius 3 is 2.31 bits per heavy atom. The van der Waals surface area contributed by atoms with Gasteiger partial charge in [0, 0.05) is 17.8 Å². The summed E-state index contributed by atoms with van der Waals surface area (Å²) in [6, 6.07) is 0. The molecular formula is C22H29NO3. The van der Waals surface area contributed by atoms with Gasteiger partial charge in [-0.05, 0) is 47.0 Å². The molecule has 1 saturated carbocycles. The number of aliphatic carboxylic acids is 1. The number of carboxylic acids is 1. The summed E-state index contributed by atoms with van der Waals surface area (Å²) in [5, 5.41) is 11.2. The molecule has 1 fully saturated rings. The van der Waals surface area contributed by atoms with E-state index in [0.717, 1.165) is 24.5 Å². The van der Waals surface area contributed by atoms with E-state index in [1.165, 1.54) is 23.8 Å². The molecule has 1 amide bonds. The van der Waals surface area contributed by atoms with E-state index in [9.17, 15) is 9.59 Å². The molecule has 0 aromatic carbocycles. The van der Waals surface area contributed by atoms with Crippen LogP contribution >= 0.6 is 0 Å². The summed E-state index contributed by atoms with van der Waals surface area (Å²) in [5.74, 6) is -1.43. The van der Waals surface area contributed by atoms with Crippen LogP contribution in [-0.2, 0) is 9.59 Å². The number of rotatable bonds is 6. The van der Waals surface area contributed by atoms with E-state index in [2.05, 4.69) is 46.2 Å². The average molecular weight is 355 g/mol. The molecule has 0 saturated heterocycles. The third-order valence-corrected chi connectivity index (χ3v) is 4.82. The highest BCUT2D eigenvalue weighted by molar-refractivity contribution is 5.97. The first kappa shape index (κ1) is 21.4. The minimum absolute atomic E-state index is 0.0504. The summed E-state index contributed by atoms with van der Waals surface area (Å²) >= 11 is 0. The number of nitrogens with one attached hydrogen (secondary N) is 1. The molecule has 2 N–H and O–H groups in total. The lowest BCUT2D eigenvalue weighted by Gasteiger charge is -2.43. The van der Waals surface area contributed by atoms with Gasteiger partial charge >= 0.3 is 5.97 Å². The minimum Gasteiger partial charge on any atom is -0.478 e. The molecule has 0 aromatic rings. The quantitative estimate of drug-likeness (QED) is 0.536. The first-order chi connectivity index (χ1) is 12.0. The summed E-state index contributed by atoms with van der Waals surface area (Å²) in [7, 11) is 0. The zero-order valence-electron chi connectivity index (χ0n) is 16.1. The smallest absolute Gasteiger partial charge is 0.328 e. The van der Waals surface area contributed by atoms with Crippen molar-refractivity contribution in [2.45, 2.75) is 40.5 Å². The topological polar surface area (TPSA) is 66.4 Å². The van der Waals surface area contributed by atoms with Gasteiger partial charge < -0.3 is 10.4 Å². The van der Waals surface area contributed by atoms with Gasteiger partial charge in [0.25, 0.3) is 5.91 Å². The minimum atomic E-state index is -1.07. The molecule has 0 atom stereocenters. The average Bonchev–Trinajstić information content (AvgIpc) is 2.54. The van der Waals surface area contributed by atoms with Gasteiger partial charge in [-0.2, -0.15) is 0 Å². The van der Waals surface area contributed by atoms with Gasteiger partial charge in [-0.1, -0.05) is 59.1 Å². The number of hydrogen-bond acceptors (Lipinski definition) is 2. The molecule has 0 aromatic heterocycles. The Bertz CT molecular complexity index is 716. The summed E-state index contributed by atoms with van der Waals surface area (Å²) in [6.07, 6.45) is 12.6. The fourth-order valence-electron chi connectivity index (χ4n) is 2.83. The Morgan fingerprint density at radius 2 is 1.73 bits per heavy atom. The Balaban J connectivity index is 2.85. The standard InChI is InChI=1S/C22H29NO3/c1-7-17(10-8-12-19(24)25)20(26)23-15-9-11-18-16(2)21(3,4)13-14-22(18,5)6/h7-12,15H,1-2,13-14H2,3-6H3,(H,23,26)(H,24,25)/b12-8+,15-9+,17-10+,18-11+. The Morgan fingerprint density at radius 1 is 1.12 bits per heavy atom. The molecule has 0 radical (unpaired) electrons. The number of carbonyl (C=O) groups excluding carboxylic acids is 1.